The Hall–Kier alpha value is -4.15. The summed E-state index contributed by atoms with van der Waals surface area (Å²) in [5.41, 5.74) is -0.837. The van der Waals surface area contributed by atoms with Gasteiger partial charge in [0.2, 0.25) is 5.78 Å². The molecule has 0 spiro atoms. The molecule has 1 aliphatic carbocycles. The number of rotatable bonds is 5. The van der Waals surface area contributed by atoms with Crippen LogP contribution in [0.1, 0.15) is 105 Å². The average Bonchev–Trinajstić information content (AvgIpc) is 3.47. The number of amides is 1. The van der Waals surface area contributed by atoms with Gasteiger partial charge in [-0.25, -0.2) is 14.6 Å². The van der Waals surface area contributed by atoms with Gasteiger partial charge in [-0.05, 0) is 106 Å². The zero-order valence-electron chi connectivity index (χ0n) is 28.1. The van der Waals surface area contributed by atoms with Crippen molar-refractivity contribution < 1.29 is 38.1 Å². The fraction of sp³-hybridized carbons (Fsp3) is 0.559. The molecule has 45 heavy (non-hydrogen) atoms. The maximum Gasteiger partial charge on any atom is 0.514 e. The number of hydrogen-bond acceptors (Lipinski definition) is 9. The van der Waals surface area contributed by atoms with Gasteiger partial charge in [0.1, 0.15) is 22.6 Å². The number of benzene rings is 1. The summed E-state index contributed by atoms with van der Waals surface area (Å²) < 4.78 is 24.3. The van der Waals surface area contributed by atoms with Gasteiger partial charge >= 0.3 is 18.2 Å². The van der Waals surface area contributed by atoms with E-state index in [0.717, 1.165) is 0 Å². The van der Waals surface area contributed by atoms with Gasteiger partial charge in [-0.15, -0.1) is 0 Å². The summed E-state index contributed by atoms with van der Waals surface area (Å²) in [6, 6.07) is 3.82. The number of fused-ring (bicyclic) bond motifs is 3. The van der Waals surface area contributed by atoms with Crippen LogP contribution in [0.5, 0.6) is 5.75 Å². The number of carbonyl (C=O) groups excluding carboxylic acids is 4. The minimum Gasteiger partial charge on any atom is -0.460 e. The van der Waals surface area contributed by atoms with Crippen LogP contribution in [0.4, 0.5) is 15.3 Å². The van der Waals surface area contributed by atoms with E-state index in [0.29, 0.717) is 16.8 Å². The summed E-state index contributed by atoms with van der Waals surface area (Å²) in [5, 5.41) is 0. The fourth-order valence-electron chi connectivity index (χ4n) is 5.58. The van der Waals surface area contributed by atoms with E-state index in [1.165, 1.54) is 4.90 Å². The number of ketones is 1. The lowest BCUT2D eigenvalue weighted by Gasteiger charge is -2.39. The Labute approximate surface area is 264 Å². The molecule has 1 aromatic heterocycles. The molecule has 2 aliphatic rings. The van der Waals surface area contributed by atoms with Crippen LogP contribution in [0.25, 0.3) is 5.57 Å². The summed E-state index contributed by atoms with van der Waals surface area (Å²) >= 11 is 0. The molecule has 3 atom stereocenters. The van der Waals surface area contributed by atoms with Gasteiger partial charge < -0.3 is 23.5 Å². The predicted molar refractivity (Wildman–Crippen MR) is 168 cm³/mol. The quantitative estimate of drug-likeness (QED) is 0.148. The summed E-state index contributed by atoms with van der Waals surface area (Å²) in [5.74, 6) is -2.50. The van der Waals surface area contributed by atoms with Crippen LogP contribution in [-0.2, 0) is 19.0 Å². The average molecular weight is 624 g/mol. The highest BCUT2D eigenvalue weighted by molar-refractivity contribution is 6.07. The third kappa shape index (κ3) is 7.57. The molecule has 0 bridgehead atoms. The minimum atomic E-state index is -1.09. The fourth-order valence-corrected chi connectivity index (χ4v) is 5.58. The van der Waals surface area contributed by atoms with Gasteiger partial charge in [0.25, 0.3) is 0 Å². The lowest BCUT2D eigenvalue weighted by Crippen LogP contribution is -2.52. The molecule has 0 fully saturated rings. The molecular weight excluding hydrogens is 578 g/mol. The number of hydrogen-bond donors (Lipinski definition) is 0. The number of esters is 1. The first-order valence-corrected chi connectivity index (χ1v) is 15.2. The maximum absolute atomic E-state index is 14.2. The summed E-state index contributed by atoms with van der Waals surface area (Å²) in [4.78, 5) is 60.5. The van der Waals surface area contributed by atoms with Crippen LogP contribution in [0.2, 0.25) is 0 Å². The van der Waals surface area contributed by atoms with Gasteiger partial charge in [-0.2, -0.15) is 0 Å². The highest BCUT2D eigenvalue weighted by Crippen LogP contribution is 2.51. The highest BCUT2D eigenvalue weighted by Gasteiger charge is 2.54. The molecule has 1 aromatic carbocycles. The largest absolute Gasteiger partial charge is 0.514 e. The van der Waals surface area contributed by atoms with Crippen molar-refractivity contribution in [2.45, 2.75) is 111 Å². The van der Waals surface area contributed by atoms with Crippen molar-refractivity contribution in [3.05, 3.63) is 48.1 Å². The van der Waals surface area contributed by atoms with Crippen molar-refractivity contribution in [2.24, 2.45) is 11.8 Å². The van der Waals surface area contributed by atoms with E-state index in [2.05, 4.69) is 4.98 Å². The normalized spacial score (nSPS) is 19.8. The van der Waals surface area contributed by atoms with Gasteiger partial charge in [0.15, 0.2) is 5.82 Å². The molecule has 2 aromatic rings. The smallest absolute Gasteiger partial charge is 0.460 e. The van der Waals surface area contributed by atoms with Crippen LogP contribution in [0, 0.1) is 11.8 Å². The third-order valence-corrected chi connectivity index (χ3v) is 7.14. The summed E-state index contributed by atoms with van der Waals surface area (Å²) in [6.07, 6.45) is 3.77. The number of carbonyl (C=O) groups is 4. The number of imidazole rings is 1. The second-order valence-corrected chi connectivity index (χ2v) is 14.7. The van der Waals surface area contributed by atoms with Crippen LogP contribution >= 0.6 is 0 Å². The number of nitrogens with zero attached hydrogens (tertiary/aromatic N) is 3. The molecular formula is C34H45N3O8. The SMILES string of the molecule is CC(C)n1ccnc1C(=O)[C@@H]1CC=C2c3cc(OC(=O)OC(C)(C)C)ccc3N(C(=O)OC(C)(C)C)[C@H]2[C@H]1C(=O)OC(C)(C)C. The van der Waals surface area contributed by atoms with Gasteiger partial charge in [-0.3, -0.25) is 14.5 Å². The Morgan fingerprint density at radius 1 is 0.889 bits per heavy atom. The molecule has 0 unspecified atom stereocenters. The lowest BCUT2D eigenvalue weighted by molar-refractivity contribution is -0.161. The van der Waals surface area contributed by atoms with Gasteiger partial charge in [0, 0.05) is 29.9 Å². The number of Topliss-reactive ketones (excluding diaryl/α,β-unsaturated/α-hetero) is 1. The van der Waals surface area contributed by atoms with Crippen molar-refractivity contribution in [1.29, 1.82) is 0 Å². The Balaban J connectivity index is 1.86. The van der Waals surface area contributed by atoms with E-state index in [1.807, 2.05) is 19.9 Å². The number of allylic oxidation sites excluding steroid dienone is 1. The van der Waals surface area contributed by atoms with E-state index in [1.54, 1.807) is 97.5 Å². The predicted octanol–water partition coefficient (Wildman–Crippen LogP) is 7.15. The Morgan fingerprint density at radius 3 is 2.09 bits per heavy atom. The monoisotopic (exact) mass is 623 g/mol. The molecule has 244 valence electrons. The molecule has 0 radical (unpaired) electrons. The second-order valence-electron chi connectivity index (χ2n) is 14.7. The molecule has 0 saturated heterocycles. The number of ether oxygens (including phenoxy) is 4. The molecule has 4 rings (SSSR count). The first-order valence-electron chi connectivity index (χ1n) is 15.2. The van der Waals surface area contributed by atoms with E-state index >= 15 is 0 Å². The van der Waals surface area contributed by atoms with Crippen molar-refractivity contribution in [2.75, 3.05) is 4.90 Å². The van der Waals surface area contributed by atoms with Gasteiger partial charge in [-0.1, -0.05) is 6.08 Å². The zero-order chi connectivity index (χ0) is 33.6. The van der Waals surface area contributed by atoms with Gasteiger partial charge in [0.05, 0.1) is 17.6 Å². The van der Waals surface area contributed by atoms with Crippen LogP contribution in [-0.4, -0.2) is 56.4 Å². The zero-order valence-corrected chi connectivity index (χ0v) is 28.1. The minimum absolute atomic E-state index is 0.0430. The summed E-state index contributed by atoms with van der Waals surface area (Å²) in [7, 11) is 0. The van der Waals surface area contributed by atoms with E-state index in [-0.39, 0.29) is 29.8 Å². The maximum atomic E-state index is 14.2. The highest BCUT2D eigenvalue weighted by atomic mass is 16.7. The lowest BCUT2D eigenvalue weighted by atomic mass is 9.73. The first-order chi connectivity index (χ1) is 20.7. The van der Waals surface area contributed by atoms with Crippen LogP contribution in [0.3, 0.4) is 0 Å². The molecule has 0 N–H and O–H groups in total. The molecule has 1 amide bonds. The number of anilines is 1. The van der Waals surface area contributed by atoms with E-state index in [4.69, 9.17) is 18.9 Å². The number of aromatic nitrogens is 2. The Morgan fingerprint density at radius 2 is 1.51 bits per heavy atom. The molecule has 2 heterocycles. The third-order valence-electron chi connectivity index (χ3n) is 7.14. The molecule has 11 heteroatoms. The standard InChI is InChI=1S/C34H45N3O8/c1-19(2)36-17-16-35-28(36)27(38)22-14-13-21-23-18-20(42-31(41)45-34(9,10)11)12-15-24(23)37(30(40)44-33(6,7)8)26(21)25(22)29(39)43-32(3,4)5/h12-13,15-19,22,25-26H,14H2,1-11H3/t22-,25+,26-/m1/s1. The molecule has 11 nitrogen and oxygen atoms in total. The molecule has 1 aliphatic heterocycles. The topological polar surface area (TPSA) is 126 Å². The van der Waals surface area contributed by atoms with Crippen LogP contribution < -0.4 is 9.64 Å². The van der Waals surface area contributed by atoms with E-state index in [9.17, 15) is 19.2 Å². The van der Waals surface area contributed by atoms with Crippen molar-refractivity contribution >= 4 is 35.3 Å². The van der Waals surface area contributed by atoms with Crippen LogP contribution in [0.15, 0.2) is 36.7 Å². The Bertz CT molecular complexity index is 1520. The van der Waals surface area contributed by atoms with E-state index < -0.39 is 52.9 Å². The first kappa shape index (κ1) is 33.7. The van der Waals surface area contributed by atoms with Crippen molar-refractivity contribution in [3.8, 4) is 5.75 Å². The summed E-state index contributed by atoms with van der Waals surface area (Å²) in [6.45, 7) is 19.6. The van der Waals surface area contributed by atoms with Crippen molar-refractivity contribution in [3.63, 3.8) is 0 Å². The Kier molecular flexibility index (Phi) is 8.98. The molecule has 0 saturated carbocycles. The van der Waals surface area contributed by atoms with Crippen molar-refractivity contribution in [1.82, 2.24) is 9.55 Å². The second kappa shape index (κ2) is 12.0.